The minimum absolute atomic E-state index is 0.427. The summed E-state index contributed by atoms with van der Waals surface area (Å²) in [5.74, 6) is -0.976. The molecule has 0 saturated carbocycles. The van der Waals surface area contributed by atoms with Gasteiger partial charge in [-0.15, -0.1) is 0 Å². The summed E-state index contributed by atoms with van der Waals surface area (Å²) in [4.78, 5) is 20.4. The molecule has 0 atom stereocenters. The predicted octanol–water partition coefficient (Wildman–Crippen LogP) is -0.723. The monoisotopic (exact) mass is 160 g/mol. The number of carbonyl (C=O) groups is 2. The van der Waals surface area contributed by atoms with Gasteiger partial charge in [-0.25, -0.2) is 4.79 Å². The third-order valence-electron chi connectivity index (χ3n) is 0.630. The molecule has 0 unspecified atom stereocenters. The first-order valence-corrected chi connectivity index (χ1v) is 3.75. The Bertz CT molecular complexity index is 154. The first-order chi connectivity index (χ1) is 4.66. The molecule has 0 saturated heterocycles. The SMILES string of the molecule is C=CC(=O)O[SiH2]OC(C)=O. The Hall–Kier alpha value is -1.10. The van der Waals surface area contributed by atoms with Crippen molar-refractivity contribution in [2.45, 2.75) is 6.92 Å². The van der Waals surface area contributed by atoms with Gasteiger partial charge in [0.15, 0.2) is 0 Å². The van der Waals surface area contributed by atoms with Crippen molar-refractivity contribution in [3.8, 4) is 0 Å². The smallest absolute Gasteiger partial charge is 0.432 e. The zero-order chi connectivity index (χ0) is 7.98. The van der Waals surface area contributed by atoms with Gasteiger partial charge in [-0.05, 0) is 0 Å². The standard InChI is InChI=1S/C5H8O4Si/c1-3-5(7)9-10-8-4(2)6/h3H,1,10H2,2H3. The van der Waals surface area contributed by atoms with Crippen molar-refractivity contribution in [1.29, 1.82) is 0 Å². The molecule has 0 bridgehead atoms. The predicted molar refractivity (Wildman–Crippen MR) is 36.6 cm³/mol. The lowest BCUT2D eigenvalue weighted by molar-refractivity contribution is -0.135. The Morgan fingerprint density at radius 3 is 2.50 bits per heavy atom. The largest absolute Gasteiger partial charge is 0.490 e. The van der Waals surface area contributed by atoms with Crippen molar-refractivity contribution >= 4 is 21.9 Å². The Balaban J connectivity index is 3.28. The fraction of sp³-hybridized carbons (Fsp3) is 0.200. The summed E-state index contributed by atoms with van der Waals surface area (Å²) in [7, 11) is -1.46. The number of rotatable bonds is 3. The first-order valence-electron chi connectivity index (χ1n) is 2.59. The topological polar surface area (TPSA) is 52.6 Å². The highest BCUT2D eigenvalue weighted by Crippen LogP contribution is 1.78. The van der Waals surface area contributed by atoms with Crippen LogP contribution in [-0.2, 0) is 18.4 Å². The van der Waals surface area contributed by atoms with Crippen molar-refractivity contribution < 1.29 is 18.4 Å². The van der Waals surface area contributed by atoms with Crippen molar-refractivity contribution in [1.82, 2.24) is 0 Å². The van der Waals surface area contributed by atoms with Gasteiger partial charge in [0, 0.05) is 13.0 Å². The molecule has 0 spiro atoms. The van der Waals surface area contributed by atoms with Crippen LogP contribution in [0.3, 0.4) is 0 Å². The van der Waals surface area contributed by atoms with Crippen molar-refractivity contribution in [3.05, 3.63) is 12.7 Å². The van der Waals surface area contributed by atoms with E-state index in [4.69, 9.17) is 0 Å². The van der Waals surface area contributed by atoms with E-state index in [0.717, 1.165) is 6.08 Å². The molecular formula is C5H8O4Si. The van der Waals surface area contributed by atoms with Crippen LogP contribution in [0.1, 0.15) is 6.92 Å². The molecule has 0 rings (SSSR count). The molecule has 0 aliphatic rings. The Morgan fingerprint density at radius 1 is 1.50 bits per heavy atom. The third kappa shape index (κ3) is 5.04. The minimum atomic E-state index is -1.46. The molecule has 4 nitrogen and oxygen atoms in total. The van der Waals surface area contributed by atoms with Crippen LogP contribution in [0.5, 0.6) is 0 Å². The minimum Gasteiger partial charge on any atom is -0.490 e. The van der Waals surface area contributed by atoms with Crippen LogP contribution in [0.25, 0.3) is 0 Å². The zero-order valence-corrected chi connectivity index (χ0v) is 7.04. The van der Waals surface area contributed by atoms with E-state index in [1.54, 1.807) is 0 Å². The molecule has 0 aromatic heterocycles. The molecule has 0 aromatic carbocycles. The van der Waals surface area contributed by atoms with E-state index < -0.39 is 21.9 Å². The second kappa shape index (κ2) is 4.75. The molecule has 56 valence electrons. The van der Waals surface area contributed by atoms with Gasteiger partial charge in [-0.2, -0.15) is 0 Å². The average Bonchev–Trinajstić information content (AvgIpc) is 1.87. The summed E-state index contributed by atoms with van der Waals surface area (Å²) in [5.41, 5.74) is 0. The maximum Gasteiger partial charge on any atom is 0.432 e. The molecule has 0 heterocycles. The maximum absolute atomic E-state index is 10.3. The highest BCUT2D eigenvalue weighted by atomic mass is 28.3. The van der Waals surface area contributed by atoms with Crippen LogP contribution in [0.15, 0.2) is 12.7 Å². The molecule has 0 aliphatic heterocycles. The van der Waals surface area contributed by atoms with Crippen molar-refractivity contribution in [3.63, 3.8) is 0 Å². The maximum atomic E-state index is 10.3. The number of hydrogen-bond donors (Lipinski definition) is 0. The lowest BCUT2D eigenvalue weighted by Crippen LogP contribution is -2.12. The summed E-state index contributed by atoms with van der Waals surface area (Å²) in [6.07, 6.45) is 1.02. The lowest BCUT2D eigenvalue weighted by Gasteiger charge is -1.99. The second-order valence-electron chi connectivity index (χ2n) is 1.42. The van der Waals surface area contributed by atoms with Crippen LogP contribution >= 0.6 is 0 Å². The van der Waals surface area contributed by atoms with Crippen LogP contribution in [0, 0.1) is 0 Å². The van der Waals surface area contributed by atoms with E-state index in [0.29, 0.717) is 0 Å². The van der Waals surface area contributed by atoms with Crippen molar-refractivity contribution in [2.24, 2.45) is 0 Å². The zero-order valence-electron chi connectivity index (χ0n) is 5.62. The summed E-state index contributed by atoms with van der Waals surface area (Å²) < 4.78 is 8.86. The van der Waals surface area contributed by atoms with E-state index in [1.807, 2.05) is 0 Å². The molecule has 0 fully saturated rings. The van der Waals surface area contributed by atoms with E-state index in [-0.39, 0.29) is 0 Å². The molecule has 0 aliphatic carbocycles. The van der Waals surface area contributed by atoms with E-state index in [9.17, 15) is 9.59 Å². The fourth-order valence-electron chi connectivity index (χ4n) is 0.229. The lowest BCUT2D eigenvalue weighted by atomic mass is 10.7. The van der Waals surface area contributed by atoms with Crippen LogP contribution in [0.4, 0.5) is 0 Å². The molecule has 5 heteroatoms. The normalized spacial score (nSPS) is 9.30. The van der Waals surface area contributed by atoms with Gasteiger partial charge in [0.25, 0.3) is 5.97 Å². The Morgan fingerprint density at radius 2 is 2.10 bits per heavy atom. The number of carbonyl (C=O) groups excluding carboxylic acids is 2. The third-order valence-corrected chi connectivity index (χ3v) is 1.56. The summed E-state index contributed by atoms with van der Waals surface area (Å²) in [6, 6.07) is 0. The van der Waals surface area contributed by atoms with E-state index >= 15 is 0 Å². The highest BCUT2D eigenvalue weighted by molar-refractivity contribution is 6.26. The van der Waals surface area contributed by atoms with Crippen molar-refractivity contribution in [2.75, 3.05) is 0 Å². The summed E-state index contributed by atoms with van der Waals surface area (Å²) in [6.45, 7) is 4.42. The van der Waals surface area contributed by atoms with Gasteiger partial charge in [0.1, 0.15) is 0 Å². The van der Waals surface area contributed by atoms with Crippen LogP contribution in [0.2, 0.25) is 0 Å². The molecule has 0 N–H and O–H groups in total. The van der Waals surface area contributed by atoms with Gasteiger partial charge in [0.2, 0.25) is 0 Å². The molecule has 0 aromatic rings. The number of hydrogen-bond acceptors (Lipinski definition) is 4. The average molecular weight is 160 g/mol. The van der Waals surface area contributed by atoms with Crippen LogP contribution in [-0.4, -0.2) is 21.9 Å². The molecule has 0 radical (unpaired) electrons. The second-order valence-corrected chi connectivity index (χ2v) is 2.23. The van der Waals surface area contributed by atoms with Gasteiger partial charge < -0.3 is 8.85 Å². The molecular weight excluding hydrogens is 152 g/mol. The molecule has 0 amide bonds. The first kappa shape index (κ1) is 8.90. The van der Waals surface area contributed by atoms with Gasteiger partial charge >= 0.3 is 16.0 Å². The highest BCUT2D eigenvalue weighted by Gasteiger charge is 1.97. The Kier molecular flexibility index (Phi) is 4.22. The van der Waals surface area contributed by atoms with Crippen LogP contribution < -0.4 is 0 Å². The quantitative estimate of drug-likeness (QED) is 0.404. The summed E-state index contributed by atoms with van der Waals surface area (Å²) >= 11 is 0. The fourth-order valence-corrected chi connectivity index (χ4v) is 0.688. The van der Waals surface area contributed by atoms with Gasteiger partial charge in [0.05, 0.1) is 0 Å². The summed E-state index contributed by atoms with van der Waals surface area (Å²) in [5, 5.41) is 0. The van der Waals surface area contributed by atoms with Gasteiger partial charge in [-0.1, -0.05) is 6.58 Å². The van der Waals surface area contributed by atoms with Gasteiger partial charge in [-0.3, -0.25) is 4.79 Å². The Labute approximate surface area is 60.9 Å². The molecule has 10 heavy (non-hydrogen) atoms. The van der Waals surface area contributed by atoms with E-state index in [2.05, 4.69) is 15.4 Å². The van der Waals surface area contributed by atoms with E-state index in [1.165, 1.54) is 6.92 Å².